The number of fused-ring (bicyclic) bond motifs is 1. The molecule has 3 aliphatic rings. The number of carbonyl (C=O) groups excluding carboxylic acids is 2. The Balaban J connectivity index is 1.52. The molecule has 0 radical (unpaired) electrons. The Morgan fingerprint density at radius 2 is 1.90 bits per heavy atom. The number of urea groups is 1. The van der Waals surface area contributed by atoms with Crippen molar-refractivity contribution < 1.29 is 22.8 Å². The SMILES string of the molecule is O=C1NC(Nc2ncc(Cl)cn2)(C(F)(F)F)C(=O)N1CCC1=CNC2C=CC=CC12. The number of amides is 3. The fraction of sp³-hybridized carbons (Fsp3) is 0.333. The van der Waals surface area contributed by atoms with E-state index in [2.05, 4.69) is 15.3 Å². The molecule has 158 valence electrons. The summed E-state index contributed by atoms with van der Waals surface area (Å²) in [7, 11) is 0. The number of nitrogens with zero attached hydrogens (tertiary/aromatic N) is 3. The topological polar surface area (TPSA) is 99.2 Å². The molecule has 2 aliphatic heterocycles. The van der Waals surface area contributed by atoms with Gasteiger partial charge < -0.3 is 10.6 Å². The fourth-order valence-electron chi connectivity index (χ4n) is 3.57. The Labute approximate surface area is 173 Å². The summed E-state index contributed by atoms with van der Waals surface area (Å²) in [4.78, 5) is 32.9. The minimum atomic E-state index is -5.15. The molecule has 1 aromatic rings. The van der Waals surface area contributed by atoms with Crippen LogP contribution in [0.25, 0.3) is 0 Å². The van der Waals surface area contributed by atoms with E-state index >= 15 is 0 Å². The molecule has 3 amide bonds. The van der Waals surface area contributed by atoms with Crippen LogP contribution in [0.4, 0.5) is 23.9 Å². The van der Waals surface area contributed by atoms with Crippen LogP contribution in [0, 0.1) is 5.92 Å². The van der Waals surface area contributed by atoms with Gasteiger partial charge in [0.2, 0.25) is 5.95 Å². The van der Waals surface area contributed by atoms with Gasteiger partial charge in [0.15, 0.2) is 0 Å². The number of rotatable bonds is 5. The molecule has 12 heteroatoms. The Morgan fingerprint density at radius 1 is 1.20 bits per heavy atom. The molecule has 0 bridgehead atoms. The van der Waals surface area contributed by atoms with Gasteiger partial charge >= 0.3 is 12.2 Å². The summed E-state index contributed by atoms with van der Waals surface area (Å²) in [6, 6.07) is -1.09. The van der Waals surface area contributed by atoms with E-state index in [0.717, 1.165) is 18.0 Å². The molecule has 30 heavy (non-hydrogen) atoms. The Hall–Kier alpha value is -3.08. The highest BCUT2D eigenvalue weighted by Crippen LogP contribution is 2.37. The van der Waals surface area contributed by atoms with Crippen LogP contribution in [0.3, 0.4) is 0 Å². The molecule has 0 saturated carbocycles. The average molecular weight is 441 g/mol. The Bertz CT molecular complexity index is 962. The molecule has 3 heterocycles. The second kappa shape index (κ2) is 7.31. The lowest BCUT2D eigenvalue weighted by Crippen LogP contribution is -2.64. The van der Waals surface area contributed by atoms with Gasteiger partial charge in [0.1, 0.15) is 0 Å². The summed E-state index contributed by atoms with van der Waals surface area (Å²) in [6.07, 6.45) is 6.69. The third kappa shape index (κ3) is 3.38. The normalized spacial score (nSPS) is 27.6. The van der Waals surface area contributed by atoms with Gasteiger partial charge in [-0.05, 0) is 18.2 Å². The van der Waals surface area contributed by atoms with E-state index in [1.807, 2.05) is 29.6 Å². The molecule has 0 aromatic carbocycles. The van der Waals surface area contributed by atoms with Gasteiger partial charge in [-0.25, -0.2) is 14.8 Å². The zero-order chi connectivity index (χ0) is 21.5. The number of allylic oxidation sites excluding steroid dienone is 2. The van der Waals surface area contributed by atoms with Gasteiger partial charge in [-0.15, -0.1) is 0 Å². The predicted molar refractivity (Wildman–Crippen MR) is 101 cm³/mol. The highest BCUT2D eigenvalue weighted by atomic mass is 35.5. The van der Waals surface area contributed by atoms with Crippen LogP contribution in [0.2, 0.25) is 5.02 Å². The molecule has 4 rings (SSSR count). The Morgan fingerprint density at radius 3 is 2.60 bits per heavy atom. The van der Waals surface area contributed by atoms with E-state index < -0.39 is 29.7 Å². The van der Waals surface area contributed by atoms with Crippen LogP contribution in [0.5, 0.6) is 0 Å². The molecule has 1 aromatic heterocycles. The fourth-order valence-corrected chi connectivity index (χ4v) is 3.67. The van der Waals surface area contributed by atoms with Gasteiger partial charge in [-0.2, -0.15) is 13.2 Å². The van der Waals surface area contributed by atoms with Crippen molar-refractivity contribution in [1.82, 2.24) is 25.5 Å². The number of halogens is 4. The van der Waals surface area contributed by atoms with E-state index in [4.69, 9.17) is 11.6 Å². The number of carbonyl (C=O) groups is 2. The largest absolute Gasteiger partial charge is 0.440 e. The summed E-state index contributed by atoms with van der Waals surface area (Å²) in [5.41, 5.74) is -2.48. The second-order valence-electron chi connectivity index (χ2n) is 6.94. The number of anilines is 1. The average Bonchev–Trinajstić information content (AvgIpc) is 3.21. The zero-order valence-electron chi connectivity index (χ0n) is 15.3. The molecule has 3 unspecified atom stereocenters. The van der Waals surface area contributed by atoms with Gasteiger partial charge in [0.05, 0.1) is 23.5 Å². The van der Waals surface area contributed by atoms with Crippen LogP contribution in [-0.4, -0.2) is 51.2 Å². The second-order valence-corrected chi connectivity index (χ2v) is 7.38. The van der Waals surface area contributed by atoms with Crippen molar-refractivity contribution in [3.63, 3.8) is 0 Å². The summed E-state index contributed by atoms with van der Waals surface area (Å²) in [6.45, 7) is -0.208. The molecule has 8 nitrogen and oxygen atoms in total. The lowest BCUT2D eigenvalue weighted by Gasteiger charge is -2.29. The number of alkyl halides is 3. The molecule has 1 aliphatic carbocycles. The lowest BCUT2D eigenvalue weighted by atomic mass is 9.90. The highest BCUT2D eigenvalue weighted by molar-refractivity contribution is 6.30. The molecule has 0 spiro atoms. The molecular formula is C18H16ClF3N6O2. The van der Waals surface area contributed by atoms with Crippen molar-refractivity contribution in [1.29, 1.82) is 0 Å². The monoisotopic (exact) mass is 440 g/mol. The smallest absolute Gasteiger partial charge is 0.384 e. The third-order valence-electron chi connectivity index (χ3n) is 5.10. The van der Waals surface area contributed by atoms with Gasteiger partial charge in [-0.3, -0.25) is 15.0 Å². The van der Waals surface area contributed by atoms with Crippen LogP contribution in [0.15, 0.2) is 48.5 Å². The van der Waals surface area contributed by atoms with E-state index in [9.17, 15) is 22.8 Å². The number of hydrogen-bond acceptors (Lipinski definition) is 6. The number of imide groups is 1. The maximum atomic E-state index is 13.9. The maximum Gasteiger partial charge on any atom is 0.440 e. The zero-order valence-corrected chi connectivity index (χ0v) is 16.0. The van der Waals surface area contributed by atoms with Crippen molar-refractivity contribution in [2.24, 2.45) is 5.92 Å². The van der Waals surface area contributed by atoms with Crippen molar-refractivity contribution in [3.8, 4) is 0 Å². The molecule has 1 saturated heterocycles. The summed E-state index contributed by atoms with van der Waals surface area (Å²) < 4.78 is 41.7. The minimum Gasteiger partial charge on any atom is -0.384 e. The van der Waals surface area contributed by atoms with Crippen molar-refractivity contribution in [2.75, 3.05) is 11.9 Å². The van der Waals surface area contributed by atoms with Gasteiger partial charge in [0.25, 0.3) is 11.6 Å². The molecular weight excluding hydrogens is 425 g/mol. The first kappa shape index (κ1) is 20.2. The van der Waals surface area contributed by atoms with Crippen LogP contribution >= 0.6 is 11.6 Å². The first-order chi connectivity index (χ1) is 14.2. The first-order valence-electron chi connectivity index (χ1n) is 8.98. The van der Waals surface area contributed by atoms with Crippen LogP contribution < -0.4 is 16.0 Å². The highest BCUT2D eigenvalue weighted by Gasteiger charge is 2.68. The minimum absolute atomic E-state index is 0.0312. The molecule has 3 atom stereocenters. The molecule has 3 N–H and O–H groups in total. The Kier molecular flexibility index (Phi) is 4.92. The molecule has 1 fully saturated rings. The third-order valence-corrected chi connectivity index (χ3v) is 5.29. The summed E-state index contributed by atoms with van der Waals surface area (Å²) >= 11 is 5.64. The van der Waals surface area contributed by atoms with Crippen molar-refractivity contribution in [3.05, 3.63) is 53.5 Å². The number of nitrogens with one attached hydrogen (secondary N) is 3. The maximum absolute atomic E-state index is 13.9. The van der Waals surface area contributed by atoms with Crippen molar-refractivity contribution >= 4 is 29.5 Å². The van der Waals surface area contributed by atoms with E-state index in [1.54, 1.807) is 11.5 Å². The van der Waals surface area contributed by atoms with Crippen molar-refractivity contribution in [2.45, 2.75) is 24.3 Å². The van der Waals surface area contributed by atoms with E-state index in [0.29, 0.717) is 4.90 Å². The summed E-state index contributed by atoms with van der Waals surface area (Å²) in [5, 5.41) is 6.92. The van der Waals surface area contributed by atoms with E-state index in [1.165, 1.54) is 0 Å². The number of aromatic nitrogens is 2. The predicted octanol–water partition coefficient (Wildman–Crippen LogP) is 2.34. The quantitative estimate of drug-likeness (QED) is 0.608. The van der Waals surface area contributed by atoms with Gasteiger partial charge in [0, 0.05) is 12.5 Å². The first-order valence-corrected chi connectivity index (χ1v) is 9.35. The van der Waals surface area contributed by atoms with Crippen LogP contribution in [0.1, 0.15) is 6.42 Å². The van der Waals surface area contributed by atoms with E-state index in [-0.39, 0.29) is 29.9 Å². The standard InChI is InChI=1S/C18H16ClF3N6O2/c19-11-8-24-15(25-9-11)26-17(18(20,21)22)14(29)28(16(30)27-17)6-5-10-7-23-13-4-2-1-3-12(10)13/h1-4,7-9,12-13,23H,5-6H2,(H,27,30)(H,24,25,26). The van der Waals surface area contributed by atoms with Crippen LogP contribution in [-0.2, 0) is 4.79 Å². The summed E-state index contributed by atoms with van der Waals surface area (Å²) in [5.74, 6) is -1.94. The lowest BCUT2D eigenvalue weighted by molar-refractivity contribution is -0.188. The number of hydrogen-bond donors (Lipinski definition) is 3. The van der Waals surface area contributed by atoms with Gasteiger partial charge in [-0.1, -0.05) is 35.9 Å².